The quantitative estimate of drug-likeness (QED) is 0.901. The van der Waals surface area contributed by atoms with E-state index in [1.54, 1.807) is 6.07 Å². The van der Waals surface area contributed by atoms with Gasteiger partial charge in [-0.3, -0.25) is 9.48 Å². The molecule has 1 aliphatic rings. The fourth-order valence-corrected chi connectivity index (χ4v) is 2.50. The summed E-state index contributed by atoms with van der Waals surface area (Å²) in [6, 6.07) is 7.13. The molecule has 0 saturated heterocycles. The fraction of sp³-hybridized carbons (Fsp3) is 0.267. The van der Waals surface area contributed by atoms with Crippen molar-refractivity contribution in [2.75, 3.05) is 5.32 Å². The van der Waals surface area contributed by atoms with E-state index in [0.717, 1.165) is 23.2 Å². The monoisotopic (exact) mass is 285 g/mol. The number of nitrogens with one attached hydrogen (secondary N) is 1. The van der Waals surface area contributed by atoms with Crippen molar-refractivity contribution in [3.05, 3.63) is 35.5 Å². The summed E-state index contributed by atoms with van der Waals surface area (Å²) in [6.45, 7) is 2.53. The number of aromatic carboxylic acids is 1. The zero-order valence-corrected chi connectivity index (χ0v) is 11.6. The lowest BCUT2D eigenvalue weighted by Crippen LogP contribution is -2.09. The predicted octanol–water partition coefficient (Wildman–Crippen LogP) is 2.15. The molecule has 0 radical (unpaired) electrons. The van der Waals surface area contributed by atoms with E-state index in [2.05, 4.69) is 10.4 Å². The van der Waals surface area contributed by atoms with Gasteiger partial charge in [0.1, 0.15) is 5.69 Å². The van der Waals surface area contributed by atoms with Crippen LogP contribution in [0.2, 0.25) is 0 Å². The zero-order valence-electron chi connectivity index (χ0n) is 11.6. The molecule has 1 aromatic heterocycles. The minimum absolute atomic E-state index is 0.0233. The van der Waals surface area contributed by atoms with E-state index >= 15 is 0 Å². The first-order valence-electron chi connectivity index (χ1n) is 6.82. The van der Waals surface area contributed by atoms with Crippen LogP contribution in [0.5, 0.6) is 0 Å². The molecule has 2 heterocycles. The number of anilines is 1. The Bertz CT molecular complexity index is 734. The second-order valence-corrected chi connectivity index (χ2v) is 5.04. The number of carbonyl (C=O) groups excluding carboxylic acids is 1. The van der Waals surface area contributed by atoms with Gasteiger partial charge in [-0.25, -0.2) is 4.79 Å². The van der Waals surface area contributed by atoms with Gasteiger partial charge in [-0.2, -0.15) is 5.10 Å². The van der Waals surface area contributed by atoms with Crippen LogP contribution in [-0.2, 0) is 17.8 Å². The van der Waals surface area contributed by atoms with Crippen molar-refractivity contribution in [1.29, 1.82) is 0 Å². The first-order valence-corrected chi connectivity index (χ1v) is 6.82. The molecule has 1 aromatic carbocycles. The Morgan fingerprint density at radius 1 is 1.43 bits per heavy atom. The molecule has 0 unspecified atom stereocenters. The lowest BCUT2D eigenvalue weighted by atomic mass is 10.1. The Morgan fingerprint density at radius 2 is 2.24 bits per heavy atom. The molecule has 1 aliphatic heterocycles. The maximum absolute atomic E-state index is 11.4. The first kappa shape index (κ1) is 13.4. The molecule has 6 heteroatoms. The molecule has 2 N–H and O–H groups in total. The molecule has 108 valence electrons. The van der Waals surface area contributed by atoms with Gasteiger partial charge in [-0.15, -0.1) is 0 Å². The van der Waals surface area contributed by atoms with Crippen LogP contribution in [-0.4, -0.2) is 26.8 Å². The largest absolute Gasteiger partial charge is 0.477 e. The smallest absolute Gasteiger partial charge is 0.354 e. The normalized spacial score (nSPS) is 13.1. The number of nitrogens with zero attached hydrogens (tertiary/aromatic N) is 2. The molecular formula is C15H15N3O3. The molecule has 0 bridgehead atoms. The summed E-state index contributed by atoms with van der Waals surface area (Å²) in [5, 5.41) is 16.4. The summed E-state index contributed by atoms with van der Waals surface area (Å²) >= 11 is 0. The average Bonchev–Trinajstić information content (AvgIpc) is 3.00. The number of benzene rings is 1. The van der Waals surface area contributed by atoms with Gasteiger partial charge >= 0.3 is 5.97 Å². The van der Waals surface area contributed by atoms with Gasteiger partial charge in [0, 0.05) is 17.8 Å². The molecule has 1 amide bonds. The van der Waals surface area contributed by atoms with Gasteiger partial charge in [-0.1, -0.05) is 13.0 Å². The van der Waals surface area contributed by atoms with E-state index in [1.165, 1.54) is 4.68 Å². The van der Waals surface area contributed by atoms with Gasteiger partial charge in [0.15, 0.2) is 0 Å². The Kier molecular flexibility index (Phi) is 3.21. The van der Waals surface area contributed by atoms with Crippen LogP contribution in [0.25, 0.3) is 11.3 Å². The summed E-state index contributed by atoms with van der Waals surface area (Å²) in [5.41, 5.74) is 3.35. The van der Waals surface area contributed by atoms with Crippen LogP contribution in [0.15, 0.2) is 24.3 Å². The SMILES string of the molecule is CCCn1nc(-c2ccc3c(c2)CC(=O)N3)cc1C(=O)O. The average molecular weight is 285 g/mol. The third-order valence-electron chi connectivity index (χ3n) is 3.46. The summed E-state index contributed by atoms with van der Waals surface area (Å²) in [5.74, 6) is -1.01. The van der Waals surface area contributed by atoms with Crippen molar-refractivity contribution in [3.63, 3.8) is 0 Å². The maximum Gasteiger partial charge on any atom is 0.354 e. The highest BCUT2D eigenvalue weighted by Crippen LogP contribution is 2.28. The maximum atomic E-state index is 11.4. The number of amides is 1. The van der Waals surface area contributed by atoms with E-state index in [0.29, 0.717) is 18.7 Å². The second kappa shape index (κ2) is 5.05. The van der Waals surface area contributed by atoms with Gasteiger partial charge in [0.05, 0.1) is 12.1 Å². The van der Waals surface area contributed by atoms with E-state index in [-0.39, 0.29) is 11.6 Å². The van der Waals surface area contributed by atoms with Crippen LogP contribution in [0.1, 0.15) is 29.4 Å². The number of aryl methyl sites for hydroxylation is 1. The molecule has 2 aromatic rings. The van der Waals surface area contributed by atoms with Crippen LogP contribution < -0.4 is 5.32 Å². The Balaban J connectivity index is 2.01. The highest BCUT2D eigenvalue weighted by Gasteiger charge is 2.20. The van der Waals surface area contributed by atoms with Crippen molar-refractivity contribution < 1.29 is 14.7 Å². The molecule has 0 atom stereocenters. The van der Waals surface area contributed by atoms with Crippen molar-refractivity contribution in [1.82, 2.24) is 9.78 Å². The zero-order chi connectivity index (χ0) is 15.0. The van der Waals surface area contributed by atoms with E-state index in [1.807, 2.05) is 25.1 Å². The lowest BCUT2D eigenvalue weighted by molar-refractivity contribution is -0.115. The van der Waals surface area contributed by atoms with Crippen molar-refractivity contribution in [2.24, 2.45) is 0 Å². The van der Waals surface area contributed by atoms with Crippen LogP contribution in [0.3, 0.4) is 0 Å². The predicted molar refractivity (Wildman–Crippen MR) is 77.2 cm³/mol. The molecule has 3 rings (SSSR count). The Hall–Kier alpha value is -2.63. The number of carboxylic acid groups (broad SMARTS) is 1. The molecule has 21 heavy (non-hydrogen) atoms. The van der Waals surface area contributed by atoms with E-state index in [4.69, 9.17) is 0 Å². The number of fused-ring (bicyclic) bond motifs is 1. The van der Waals surface area contributed by atoms with E-state index < -0.39 is 5.97 Å². The summed E-state index contributed by atoms with van der Waals surface area (Å²) in [4.78, 5) is 22.6. The van der Waals surface area contributed by atoms with Gasteiger partial charge in [0.25, 0.3) is 0 Å². The summed E-state index contributed by atoms with van der Waals surface area (Å²) in [7, 11) is 0. The standard InChI is InChI=1S/C15H15N3O3/c1-2-5-18-13(15(20)21)8-12(17-18)9-3-4-11-10(6-9)7-14(19)16-11/h3-4,6,8H,2,5,7H2,1H3,(H,16,19)(H,20,21). The minimum Gasteiger partial charge on any atom is -0.477 e. The Morgan fingerprint density at radius 3 is 2.95 bits per heavy atom. The van der Waals surface area contributed by atoms with Crippen LogP contribution in [0.4, 0.5) is 5.69 Å². The minimum atomic E-state index is -0.986. The van der Waals surface area contributed by atoms with Crippen LogP contribution >= 0.6 is 0 Å². The molecule has 0 saturated carbocycles. The number of hydrogen-bond acceptors (Lipinski definition) is 3. The summed E-state index contributed by atoms with van der Waals surface area (Å²) in [6.07, 6.45) is 1.16. The molecule has 0 aliphatic carbocycles. The number of hydrogen-bond donors (Lipinski definition) is 2. The second-order valence-electron chi connectivity index (χ2n) is 5.04. The Labute approximate surface area is 121 Å². The van der Waals surface area contributed by atoms with Gasteiger partial charge in [-0.05, 0) is 30.2 Å². The molecule has 0 spiro atoms. The van der Waals surface area contributed by atoms with Crippen molar-refractivity contribution >= 4 is 17.6 Å². The summed E-state index contributed by atoms with van der Waals surface area (Å²) < 4.78 is 1.51. The number of rotatable bonds is 4. The number of carboxylic acids is 1. The highest BCUT2D eigenvalue weighted by molar-refractivity contribution is 5.99. The van der Waals surface area contributed by atoms with Crippen molar-refractivity contribution in [3.8, 4) is 11.3 Å². The van der Waals surface area contributed by atoms with E-state index in [9.17, 15) is 14.7 Å². The van der Waals surface area contributed by atoms with Gasteiger partial charge < -0.3 is 10.4 Å². The first-order chi connectivity index (χ1) is 10.1. The fourth-order valence-electron chi connectivity index (χ4n) is 2.50. The molecule has 0 fully saturated rings. The third-order valence-corrected chi connectivity index (χ3v) is 3.46. The molecule has 6 nitrogen and oxygen atoms in total. The number of carbonyl (C=O) groups is 2. The highest BCUT2D eigenvalue weighted by atomic mass is 16.4. The van der Waals surface area contributed by atoms with Gasteiger partial charge in [0.2, 0.25) is 5.91 Å². The molecular weight excluding hydrogens is 270 g/mol. The third kappa shape index (κ3) is 2.40. The number of aromatic nitrogens is 2. The van der Waals surface area contributed by atoms with Crippen molar-refractivity contribution in [2.45, 2.75) is 26.3 Å². The topological polar surface area (TPSA) is 84.2 Å². The lowest BCUT2D eigenvalue weighted by Gasteiger charge is -2.02. The van der Waals surface area contributed by atoms with Crippen LogP contribution in [0, 0.1) is 0 Å².